The van der Waals surface area contributed by atoms with Crippen molar-refractivity contribution in [2.24, 2.45) is 0 Å². The summed E-state index contributed by atoms with van der Waals surface area (Å²) in [4.78, 5) is 58.8. The largest absolute Gasteiger partial charge is 0.472 e. The first-order chi connectivity index (χ1) is 51.2. The van der Waals surface area contributed by atoms with Gasteiger partial charge >= 0.3 is 33.6 Å². The number of rotatable bonds is 75. The number of hydrogen-bond acceptors (Lipinski definition) is 14. The van der Waals surface area contributed by atoms with Gasteiger partial charge in [-0.2, -0.15) is 0 Å². The molecule has 0 rings (SSSR count). The fourth-order valence-corrected chi connectivity index (χ4v) is 11.9. The summed E-state index contributed by atoms with van der Waals surface area (Å²) in [6, 6.07) is 0. The number of carbonyl (C=O) groups is 3. The average Bonchev–Trinajstić information content (AvgIpc) is 0.917. The molecule has 5 unspecified atom stereocenters. The van der Waals surface area contributed by atoms with Gasteiger partial charge in [0.1, 0.15) is 25.4 Å². The number of allylic oxidation sites excluding steroid dienone is 28. The van der Waals surface area contributed by atoms with E-state index >= 15 is 0 Å². The minimum absolute atomic E-state index is 0.0729. The minimum Gasteiger partial charge on any atom is -0.463 e. The zero-order valence-electron chi connectivity index (χ0n) is 65.3. The maximum absolute atomic E-state index is 13.0. The van der Waals surface area contributed by atoms with Crippen molar-refractivity contribution in [3.8, 4) is 0 Å². The van der Waals surface area contributed by atoms with Crippen LogP contribution in [-0.4, -0.2) is 95.9 Å². The third-order valence-electron chi connectivity index (χ3n) is 16.4. The molecule has 4 N–H and O–H groups in total. The molecule has 16 nitrogen and oxygen atoms in total. The van der Waals surface area contributed by atoms with Crippen LogP contribution in [0.1, 0.15) is 303 Å². The molecule has 18 heteroatoms. The van der Waals surface area contributed by atoms with Crippen molar-refractivity contribution < 1.29 is 75.8 Å². The molecule has 0 amide bonds. The molecule has 0 aromatic rings. The van der Waals surface area contributed by atoms with Gasteiger partial charge in [0.25, 0.3) is 0 Å². The van der Waals surface area contributed by atoms with Gasteiger partial charge < -0.3 is 34.2 Å². The number of unbranched alkanes of at least 4 members (excludes halogenated alkanes) is 24. The smallest absolute Gasteiger partial charge is 0.463 e. The predicted octanol–water partition coefficient (Wildman–Crippen LogP) is 24.0. The van der Waals surface area contributed by atoms with Gasteiger partial charge in [-0.05, 0) is 154 Å². The van der Waals surface area contributed by atoms with Crippen LogP contribution < -0.4 is 0 Å². The first-order valence-corrected chi connectivity index (χ1v) is 43.4. The first kappa shape index (κ1) is 99.9. The van der Waals surface area contributed by atoms with Crippen molar-refractivity contribution in [2.45, 2.75) is 322 Å². The zero-order chi connectivity index (χ0) is 76.6. The Bertz CT molecular complexity index is 2590. The summed E-state index contributed by atoms with van der Waals surface area (Å²) in [7, 11) is -9.82. The molecule has 0 heterocycles. The first-order valence-electron chi connectivity index (χ1n) is 40.4. The van der Waals surface area contributed by atoms with E-state index in [1.165, 1.54) is 51.4 Å². The molecule has 0 saturated heterocycles. The normalized spacial score (nSPS) is 14.8. The predicted molar refractivity (Wildman–Crippen MR) is 435 cm³/mol. The second kappa shape index (κ2) is 78.5. The SMILES string of the molecule is CC/C=C\C/C=C\C/C=C\C/C=C\C/C=C\CCCCCCCCCC(=O)OCC(COP(=O)(O)OCC(O)COP(=O)(O)OCC(O)COC(=O)CCCCCCCCCCC/C=C\C/C=C\C/C=C\C/C=C\CCCCC)OC(=O)CCCCCCC/C=C\C/C=C\C/C=C\C/C=C\C/C=C\CC. The number of phosphoric acid groups is 2. The van der Waals surface area contributed by atoms with Gasteiger partial charge in [-0.1, -0.05) is 300 Å². The van der Waals surface area contributed by atoms with Crippen molar-refractivity contribution >= 4 is 33.6 Å². The third kappa shape index (κ3) is 79.8. The Morgan fingerprint density at radius 3 is 0.800 bits per heavy atom. The molecular weight excluding hydrogens is 1360 g/mol. The number of phosphoric ester groups is 2. The van der Waals surface area contributed by atoms with Crippen LogP contribution in [0, 0.1) is 0 Å². The highest BCUT2D eigenvalue weighted by molar-refractivity contribution is 7.47. The van der Waals surface area contributed by atoms with Gasteiger partial charge in [-0.3, -0.25) is 32.5 Å². The van der Waals surface area contributed by atoms with Crippen LogP contribution in [0.25, 0.3) is 0 Å². The molecule has 0 radical (unpaired) electrons. The van der Waals surface area contributed by atoms with Crippen LogP contribution in [0.15, 0.2) is 170 Å². The molecule has 598 valence electrons. The van der Waals surface area contributed by atoms with Gasteiger partial charge in [0.2, 0.25) is 0 Å². The second-order valence-corrected chi connectivity index (χ2v) is 29.4. The summed E-state index contributed by atoms with van der Waals surface area (Å²) < 4.78 is 61.2. The molecule has 0 aromatic carbocycles. The van der Waals surface area contributed by atoms with E-state index in [1.54, 1.807) is 0 Å². The van der Waals surface area contributed by atoms with Crippen LogP contribution in [0.5, 0.6) is 0 Å². The Labute approximate surface area is 637 Å². The fourth-order valence-electron chi connectivity index (χ4n) is 10.3. The summed E-state index contributed by atoms with van der Waals surface area (Å²) in [6.07, 6.45) is 99.5. The highest BCUT2D eigenvalue weighted by Gasteiger charge is 2.29. The Hall–Kier alpha value is -5.09. The molecule has 0 bridgehead atoms. The quantitative estimate of drug-likeness (QED) is 0.0146. The maximum atomic E-state index is 13.0. The molecule has 0 fully saturated rings. The Kier molecular flexibility index (Phi) is 74.7. The standard InChI is InChI=1S/C87H144O16P2/c1-4-7-10-13-16-19-22-25-28-31-34-37-39-40-42-45-46-49-52-55-58-61-64-67-70-73-85(90)97-76-82(88)77-99-104(93,94)100-78-83(89)79-101-105(95,96)102-81-84(103-87(92)75-72-69-66-63-60-57-54-51-48-43-36-33-30-27-24-21-18-15-12-9-6-3)80-98-86(91)74-71-68-65-62-59-56-53-50-47-44-41-38-35-32-29-26-23-20-17-14-11-8-5-2/h8-9,11-12,16-21,25-30,34-38,40,42-44,47,51,54,82-84,88-89H,4-7,10,13-15,22-24,31-33,39,41,45-46,48-50,52-53,55-81H2,1-3H3,(H,93,94)(H,95,96)/b11-8-,12-9-,19-16-,20-17-,21-18-,28-25-,29-26-,30-27-,37-34-,38-35-,42-40-,43-36-,47-44-,54-51-. The molecule has 0 aromatic heterocycles. The number of ether oxygens (including phenoxy) is 3. The molecule has 5 atom stereocenters. The number of carbonyl (C=O) groups excluding carboxylic acids is 3. The molecule has 105 heavy (non-hydrogen) atoms. The van der Waals surface area contributed by atoms with Crippen LogP contribution in [-0.2, 0) is 55.8 Å². The van der Waals surface area contributed by atoms with E-state index in [2.05, 4.69) is 191 Å². The van der Waals surface area contributed by atoms with E-state index in [1.807, 2.05) is 0 Å². The molecular formula is C87H144O16P2. The van der Waals surface area contributed by atoms with Crippen LogP contribution >= 0.6 is 15.6 Å². The van der Waals surface area contributed by atoms with E-state index in [4.69, 9.17) is 32.3 Å². The summed E-state index contributed by atoms with van der Waals surface area (Å²) in [5.41, 5.74) is 0. The van der Waals surface area contributed by atoms with Gasteiger partial charge in [0, 0.05) is 19.3 Å². The van der Waals surface area contributed by atoms with Crippen molar-refractivity contribution in [2.75, 3.05) is 39.6 Å². The second-order valence-electron chi connectivity index (χ2n) is 26.5. The van der Waals surface area contributed by atoms with E-state index in [0.29, 0.717) is 19.3 Å². The zero-order valence-corrected chi connectivity index (χ0v) is 67.1. The number of hydrogen-bond donors (Lipinski definition) is 4. The summed E-state index contributed by atoms with van der Waals surface area (Å²) in [6.45, 7) is 2.38. The number of aliphatic hydroxyl groups excluding tert-OH is 2. The highest BCUT2D eigenvalue weighted by Crippen LogP contribution is 2.45. The van der Waals surface area contributed by atoms with Gasteiger partial charge in [-0.15, -0.1) is 0 Å². The fraction of sp³-hybridized carbons (Fsp3) is 0.644. The molecule has 0 aliphatic rings. The van der Waals surface area contributed by atoms with Crippen LogP contribution in [0.3, 0.4) is 0 Å². The summed E-state index contributed by atoms with van der Waals surface area (Å²) in [5.74, 6) is -1.62. The number of esters is 3. The van der Waals surface area contributed by atoms with Gasteiger partial charge in [0.05, 0.1) is 26.4 Å². The lowest BCUT2D eigenvalue weighted by Crippen LogP contribution is -2.30. The topological polar surface area (TPSA) is 231 Å². The van der Waals surface area contributed by atoms with E-state index < -0.39 is 91.5 Å². The third-order valence-corrected chi connectivity index (χ3v) is 18.3. The minimum atomic E-state index is -4.95. The van der Waals surface area contributed by atoms with E-state index in [-0.39, 0.29) is 19.3 Å². The Balaban J connectivity index is 4.72. The molecule has 0 spiro atoms. The van der Waals surface area contributed by atoms with E-state index in [9.17, 15) is 43.5 Å². The Morgan fingerprint density at radius 1 is 0.276 bits per heavy atom. The van der Waals surface area contributed by atoms with Crippen molar-refractivity contribution in [3.05, 3.63) is 170 Å². The monoisotopic (exact) mass is 1510 g/mol. The lowest BCUT2D eigenvalue weighted by atomic mass is 10.1. The van der Waals surface area contributed by atoms with Gasteiger partial charge in [0.15, 0.2) is 6.10 Å². The number of aliphatic hydroxyl groups is 2. The summed E-state index contributed by atoms with van der Waals surface area (Å²) in [5, 5.41) is 20.7. The Morgan fingerprint density at radius 2 is 0.505 bits per heavy atom. The average molecular weight is 1510 g/mol. The van der Waals surface area contributed by atoms with Crippen LogP contribution in [0.2, 0.25) is 0 Å². The molecule has 0 saturated carbocycles. The molecule has 0 aliphatic carbocycles. The lowest BCUT2D eigenvalue weighted by molar-refractivity contribution is -0.161. The molecule has 0 aliphatic heterocycles. The van der Waals surface area contributed by atoms with Crippen LogP contribution in [0.4, 0.5) is 0 Å². The van der Waals surface area contributed by atoms with Gasteiger partial charge in [-0.25, -0.2) is 9.13 Å². The highest BCUT2D eigenvalue weighted by atomic mass is 31.2. The van der Waals surface area contributed by atoms with E-state index in [0.717, 1.165) is 193 Å². The summed E-state index contributed by atoms with van der Waals surface area (Å²) >= 11 is 0. The van der Waals surface area contributed by atoms with Crippen molar-refractivity contribution in [1.82, 2.24) is 0 Å². The lowest BCUT2D eigenvalue weighted by Gasteiger charge is -2.21. The maximum Gasteiger partial charge on any atom is 0.472 e. The van der Waals surface area contributed by atoms with Crippen molar-refractivity contribution in [3.63, 3.8) is 0 Å². The van der Waals surface area contributed by atoms with Crippen molar-refractivity contribution in [1.29, 1.82) is 0 Å².